The summed E-state index contributed by atoms with van der Waals surface area (Å²) in [6.07, 6.45) is 0. The van der Waals surface area contributed by atoms with Crippen molar-refractivity contribution in [3.05, 3.63) is 38.8 Å². The summed E-state index contributed by atoms with van der Waals surface area (Å²) in [5.41, 5.74) is 2.11. The van der Waals surface area contributed by atoms with Gasteiger partial charge in [0.25, 0.3) is 0 Å². The normalized spacial score (nSPS) is 10.8. The van der Waals surface area contributed by atoms with E-state index in [-0.39, 0.29) is 0 Å². The molecule has 0 spiro atoms. The standard InChI is InChI=1S/C12H12BrClN2S/c1-2-15-6-9-7-17-12(16-9)10-5-8(14)3-4-11(10)13/h3-5,7,15H,2,6H2,1H3. The first-order valence-electron chi connectivity index (χ1n) is 5.31. The van der Waals surface area contributed by atoms with Crippen LogP contribution in [0.2, 0.25) is 5.02 Å². The molecule has 1 aromatic carbocycles. The summed E-state index contributed by atoms with van der Waals surface area (Å²) in [5, 5.41) is 7.06. The summed E-state index contributed by atoms with van der Waals surface area (Å²) in [7, 11) is 0. The molecule has 0 amide bonds. The average Bonchev–Trinajstić information content (AvgIpc) is 2.78. The molecule has 0 unspecified atom stereocenters. The number of aromatic nitrogens is 1. The molecule has 0 aliphatic rings. The SMILES string of the molecule is CCNCc1csc(-c2cc(Cl)ccc2Br)n1. The Bertz CT molecular complexity index is 513. The lowest BCUT2D eigenvalue weighted by atomic mass is 10.2. The lowest BCUT2D eigenvalue weighted by molar-refractivity contribution is 0.715. The molecule has 5 heteroatoms. The van der Waals surface area contributed by atoms with E-state index in [1.165, 1.54) is 0 Å². The molecule has 2 rings (SSSR count). The van der Waals surface area contributed by atoms with Crippen molar-refractivity contribution in [2.75, 3.05) is 6.54 Å². The number of hydrogen-bond acceptors (Lipinski definition) is 3. The Balaban J connectivity index is 2.27. The number of thiazole rings is 1. The molecule has 2 aromatic rings. The van der Waals surface area contributed by atoms with Gasteiger partial charge in [0.05, 0.1) is 5.69 Å². The van der Waals surface area contributed by atoms with Gasteiger partial charge in [-0.15, -0.1) is 11.3 Å². The monoisotopic (exact) mass is 330 g/mol. The third kappa shape index (κ3) is 3.28. The molecule has 1 heterocycles. The number of hydrogen-bond donors (Lipinski definition) is 1. The highest BCUT2D eigenvalue weighted by atomic mass is 79.9. The molecule has 0 saturated heterocycles. The maximum Gasteiger partial charge on any atom is 0.124 e. The van der Waals surface area contributed by atoms with Gasteiger partial charge in [-0.3, -0.25) is 0 Å². The van der Waals surface area contributed by atoms with Crippen LogP contribution in [0.5, 0.6) is 0 Å². The maximum atomic E-state index is 6.00. The fourth-order valence-corrected chi connectivity index (χ4v) is 3.01. The van der Waals surface area contributed by atoms with Gasteiger partial charge in [0.1, 0.15) is 5.01 Å². The van der Waals surface area contributed by atoms with Crippen LogP contribution in [-0.2, 0) is 6.54 Å². The summed E-state index contributed by atoms with van der Waals surface area (Å²) < 4.78 is 1.02. The van der Waals surface area contributed by atoms with Crippen molar-refractivity contribution < 1.29 is 0 Å². The highest BCUT2D eigenvalue weighted by Crippen LogP contribution is 2.32. The van der Waals surface area contributed by atoms with Crippen molar-refractivity contribution in [2.45, 2.75) is 13.5 Å². The van der Waals surface area contributed by atoms with Crippen LogP contribution in [0.3, 0.4) is 0 Å². The van der Waals surface area contributed by atoms with Gasteiger partial charge in [-0.2, -0.15) is 0 Å². The third-order valence-electron chi connectivity index (χ3n) is 2.27. The van der Waals surface area contributed by atoms with E-state index in [2.05, 4.69) is 38.5 Å². The Morgan fingerprint density at radius 2 is 2.29 bits per heavy atom. The zero-order chi connectivity index (χ0) is 12.3. The van der Waals surface area contributed by atoms with E-state index in [9.17, 15) is 0 Å². The molecule has 1 N–H and O–H groups in total. The molecule has 0 atom stereocenters. The van der Waals surface area contributed by atoms with Crippen LogP contribution in [0.15, 0.2) is 28.1 Å². The second-order valence-electron chi connectivity index (χ2n) is 3.55. The smallest absolute Gasteiger partial charge is 0.124 e. The van der Waals surface area contributed by atoms with Crippen LogP contribution in [0, 0.1) is 0 Å². The first kappa shape index (κ1) is 13.0. The Labute approximate surface area is 118 Å². The number of nitrogens with one attached hydrogen (secondary N) is 1. The van der Waals surface area contributed by atoms with Crippen molar-refractivity contribution in [1.29, 1.82) is 0 Å². The van der Waals surface area contributed by atoms with E-state index in [4.69, 9.17) is 11.6 Å². The van der Waals surface area contributed by atoms with E-state index in [0.29, 0.717) is 0 Å². The zero-order valence-corrected chi connectivity index (χ0v) is 12.5. The molecule has 0 fully saturated rings. The lowest BCUT2D eigenvalue weighted by Crippen LogP contribution is -2.11. The second kappa shape index (κ2) is 5.96. The zero-order valence-electron chi connectivity index (χ0n) is 9.34. The van der Waals surface area contributed by atoms with Gasteiger partial charge in [0.2, 0.25) is 0 Å². The molecule has 17 heavy (non-hydrogen) atoms. The Morgan fingerprint density at radius 1 is 1.47 bits per heavy atom. The molecule has 0 bridgehead atoms. The molecule has 1 aromatic heterocycles. The molecule has 0 aliphatic heterocycles. The quantitative estimate of drug-likeness (QED) is 0.901. The highest BCUT2D eigenvalue weighted by Gasteiger charge is 2.08. The van der Waals surface area contributed by atoms with E-state index < -0.39 is 0 Å². The largest absolute Gasteiger partial charge is 0.311 e. The minimum Gasteiger partial charge on any atom is -0.311 e. The number of halogens is 2. The van der Waals surface area contributed by atoms with Crippen LogP contribution < -0.4 is 5.32 Å². The van der Waals surface area contributed by atoms with Gasteiger partial charge in [0, 0.05) is 27.0 Å². The van der Waals surface area contributed by atoms with Crippen LogP contribution in [0.25, 0.3) is 10.6 Å². The number of rotatable bonds is 4. The summed E-state index contributed by atoms with van der Waals surface area (Å²) in [5.74, 6) is 0. The summed E-state index contributed by atoms with van der Waals surface area (Å²) in [6, 6.07) is 5.74. The van der Waals surface area contributed by atoms with Gasteiger partial charge >= 0.3 is 0 Å². The van der Waals surface area contributed by atoms with E-state index >= 15 is 0 Å². The van der Waals surface area contributed by atoms with Crippen LogP contribution in [0.1, 0.15) is 12.6 Å². The first-order chi connectivity index (χ1) is 8.20. The average molecular weight is 332 g/mol. The van der Waals surface area contributed by atoms with Gasteiger partial charge in [0.15, 0.2) is 0 Å². The molecule has 0 aliphatic carbocycles. The van der Waals surface area contributed by atoms with E-state index in [1.54, 1.807) is 11.3 Å². The van der Waals surface area contributed by atoms with Crippen LogP contribution >= 0.6 is 38.9 Å². The van der Waals surface area contributed by atoms with Gasteiger partial charge < -0.3 is 5.32 Å². The minimum atomic E-state index is 0.728. The Kier molecular flexibility index (Phi) is 4.56. The molecule has 0 radical (unpaired) electrons. The molecular formula is C12H12BrClN2S. The van der Waals surface area contributed by atoms with Gasteiger partial charge in [-0.1, -0.05) is 34.5 Å². The predicted octanol–water partition coefficient (Wildman–Crippen LogP) is 4.34. The fraction of sp³-hybridized carbons (Fsp3) is 0.250. The van der Waals surface area contributed by atoms with Crippen LogP contribution in [0.4, 0.5) is 0 Å². The minimum absolute atomic E-state index is 0.728. The van der Waals surface area contributed by atoms with Gasteiger partial charge in [-0.25, -0.2) is 4.98 Å². The predicted molar refractivity (Wildman–Crippen MR) is 77.6 cm³/mol. The van der Waals surface area contributed by atoms with E-state index in [0.717, 1.165) is 38.8 Å². The molecule has 0 saturated carbocycles. The lowest BCUT2D eigenvalue weighted by Gasteiger charge is -2.01. The second-order valence-corrected chi connectivity index (χ2v) is 5.70. The van der Waals surface area contributed by atoms with Crippen molar-refractivity contribution in [3.63, 3.8) is 0 Å². The Morgan fingerprint density at radius 3 is 3.06 bits per heavy atom. The van der Waals surface area contributed by atoms with Gasteiger partial charge in [-0.05, 0) is 24.7 Å². The van der Waals surface area contributed by atoms with Crippen molar-refractivity contribution >= 4 is 38.9 Å². The first-order valence-corrected chi connectivity index (χ1v) is 7.36. The van der Waals surface area contributed by atoms with Crippen LogP contribution in [-0.4, -0.2) is 11.5 Å². The Hall–Kier alpha value is -0.420. The molecule has 90 valence electrons. The highest BCUT2D eigenvalue weighted by molar-refractivity contribution is 9.10. The summed E-state index contributed by atoms with van der Waals surface area (Å²) >= 11 is 11.2. The topological polar surface area (TPSA) is 24.9 Å². The summed E-state index contributed by atoms with van der Waals surface area (Å²) in [4.78, 5) is 4.59. The van der Waals surface area contributed by atoms with E-state index in [1.807, 2.05) is 18.2 Å². The third-order valence-corrected chi connectivity index (χ3v) is 4.12. The van der Waals surface area contributed by atoms with Crippen molar-refractivity contribution in [3.8, 4) is 10.6 Å². The summed E-state index contributed by atoms with van der Waals surface area (Å²) in [6.45, 7) is 3.85. The molecular weight excluding hydrogens is 320 g/mol. The fourth-order valence-electron chi connectivity index (χ4n) is 1.43. The maximum absolute atomic E-state index is 6.00. The number of nitrogens with zero attached hydrogens (tertiary/aromatic N) is 1. The molecule has 2 nitrogen and oxygen atoms in total. The van der Waals surface area contributed by atoms with Crippen molar-refractivity contribution in [1.82, 2.24) is 10.3 Å². The number of benzene rings is 1. The van der Waals surface area contributed by atoms with Crippen molar-refractivity contribution in [2.24, 2.45) is 0 Å².